The number of anilines is 2. The fraction of sp³-hybridized carbons (Fsp3) is 0.296. The van der Waals surface area contributed by atoms with Gasteiger partial charge in [0.2, 0.25) is 5.76 Å². The maximum absolute atomic E-state index is 14.0. The molecule has 0 saturated carbocycles. The second-order valence-corrected chi connectivity index (χ2v) is 8.89. The summed E-state index contributed by atoms with van der Waals surface area (Å²) in [5.74, 6) is -0.366. The highest BCUT2D eigenvalue weighted by atomic mass is 19.1. The van der Waals surface area contributed by atoms with Crippen LogP contribution < -0.4 is 10.2 Å². The first kappa shape index (κ1) is 23.7. The van der Waals surface area contributed by atoms with Gasteiger partial charge in [-0.1, -0.05) is 23.4 Å². The van der Waals surface area contributed by atoms with Crippen LogP contribution in [-0.2, 0) is 13.1 Å². The molecule has 5 rings (SSSR count). The van der Waals surface area contributed by atoms with Gasteiger partial charge in [0.05, 0.1) is 6.20 Å². The smallest absolute Gasteiger partial charge is 0.294 e. The number of benzene rings is 2. The first-order valence-corrected chi connectivity index (χ1v) is 12.1. The van der Waals surface area contributed by atoms with E-state index in [0.717, 1.165) is 55.2 Å². The van der Waals surface area contributed by atoms with Crippen molar-refractivity contribution in [2.75, 3.05) is 36.4 Å². The van der Waals surface area contributed by atoms with Crippen LogP contribution in [0.25, 0.3) is 11.3 Å². The molecule has 1 aliphatic rings. The lowest BCUT2D eigenvalue weighted by Crippen LogP contribution is -2.46. The minimum Gasteiger partial charge on any atom is -0.369 e. The Balaban J connectivity index is 1.16. The summed E-state index contributed by atoms with van der Waals surface area (Å²) >= 11 is 0. The number of nitrogens with zero attached hydrogens (tertiary/aromatic N) is 5. The lowest BCUT2D eigenvalue weighted by Gasteiger charge is -2.36. The number of hydrogen-bond donors (Lipinski definition) is 1. The number of piperazine rings is 1. The molecule has 1 fully saturated rings. The van der Waals surface area contributed by atoms with Crippen molar-refractivity contribution in [3.05, 3.63) is 83.6 Å². The van der Waals surface area contributed by atoms with Gasteiger partial charge in [0.15, 0.2) is 0 Å². The lowest BCUT2D eigenvalue weighted by molar-refractivity contribution is 0.0988. The Morgan fingerprint density at radius 1 is 1.08 bits per heavy atom. The molecule has 2 aromatic carbocycles. The van der Waals surface area contributed by atoms with Gasteiger partial charge in [-0.2, -0.15) is 5.10 Å². The Morgan fingerprint density at radius 3 is 2.53 bits per heavy atom. The van der Waals surface area contributed by atoms with E-state index in [1.165, 1.54) is 6.07 Å². The van der Waals surface area contributed by atoms with E-state index < -0.39 is 0 Å². The van der Waals surface area contributed by atoms with Crippen LogP contribution in [0.1, 0.15) is 28.7 Å². The predicted octanol–water partition coefficient (Wildman–Crippen LogP) is 4.58. The average Bonchev–Trinajstić information content (AvgIpc) is 3.53. The molecule has 3 heterocycles. The van der Waals surface area contributed by atoms with Gasteiger partial charge < -0.3 is 14.7 Å². The largest absolute Gasteiger partial charge is 0.369 e. The third-order valence-corrected chi connectivity index (χ3v) is 6.63. The molecule has 186 valence electrons. The highest BCUT2D eigenvalue weighted by molar-refractivity contribution is 6.02. The molecule has 2 aromatic heterocycles. The van der Waals surface area contributed by atoms with Gasteiger partial charge >= 0.3 is 0 Å². The molecule has 1 amide bonds. The van der Waals surface area contributed by atoms with Gasteiger partial charge in [-0.05, 0) is 44.2 Å². The molecule has 0 aliphatic carbocycles. The molecule has 0 radical (unpaired) electrons. The second kappa shape index (κ2) is 10.3. The van der Waals surface area contributed by atoms with Gasteiger partial charge in [0.1, 0.15) is 11.5 Å². The second-order valence-electron chi connectivity index (χ2n) is 8.89. The van der Waals surface area contributed by atoms with Gasteiger partial charge in [0.25, 0.3) is 5.91 Å². The minimum atomic E-state index is -0.358. The van der Waals surface area contributed by atoms with Crippen molar-refractivity contribution >= 4 is 17.3 Å². The SMILES string of the molecule is CCn1ncc(-c2cc(C(=O)Nc3ccc(N4CCN(Cc5ccccc5F)CC4)cc3)on2)c1C. The van der Waals surface area contributed by atoms with E-state index >= 15 is 0 Å². The summed E-state index contributed by atoms with van der Waals surface area (Å²) in [4.78, 5) is 17.3. The van der Waals surface area contributed by atoms with Crippen molar-refractivity contribution in [1.29, 1.82) is 0 Å². The van der Waals surface area contributed by atoms with Crippen LogP contribution in [0.3, 0.4) is 0 Å². The molecular weight excluding hydrogens is 459 g/mol. The molecule has 0 spiro atoms. The first-order valence-electron chi connectivity index (χ1n) is 12.1. The molecule has 1 saturated heterocycles. The van der Waals surface area contributed by atoms with E-state index in [2.05, 4.69) is 25.4 Å². The molecular formula is C27H29FN6O2. The number of halogens is 1. The molecule has 0 atom stereocenters. The van der Waals surface area contributed by atoms with Crippen LogP contribution in [0.2, 0.25) is 0 Å². The molecule has 4 aromatic rings. The van der Waals surface area contributed by atoms with E-state index in [0.29, 0.717) is 17.9 Å². The van der Waals surface area contributed by atoms with E-state index in [1.807, 2.05) is 54.9 Å². The maximum Gasteiger partial charge on any atom is 0.294 e. The molecule has 1 aliphatic heterocycles. The first-order chi connectivity index (χ1) is 17.5. The standard InChI is InChI=1S/C27H29FN6O2/c1-3-34-19(2)23(17-29-34)25-16-26(36-31-25)27(35)30-21-8-10-22(11-9-21)33-14-12-32(13-15-33)18-20-6-4-5-7-24(20)28/h4-11,16-17H,3,12-15,18H2,1-2H3,(H,30,35). The van der Waals surface area contributed by atoms with Crippen LogP contribution >= 0.6 is 0 Å². The number of rotatable bonds is 7. The van der Waals surface area contributed by atoms with E-state index in [1.54, 1.807) is 18.3 Å². The van der Waals surface area contributed by atoms with Crippen molar-refractivity contribution in [2.45, 2.75) is 26.9 Å². The number of carbonyl (C=O) groups excluding carboxylic acids is 1. The third kappa shape index (κ3) is 5.01. The van der Waals surface area contributed by atoms with Crippen molar-refractivity contribution < 1.29 is 13.7 Å². The highest BCUT2D eigenvalue weighted by Gasteiger charge is 2.20. The summed E-state index contributed by atoms with van der Waals surface area (Å²) in [5.41, 5.74) is 4.90. The number of carbonyl (C=O) groups is 1. The fourth-order valence-electron chi connectivity index (χ4n) is 4.51. The molecule has 36 heavy (non-hydrogen) atoms. The fourth-order valence-corrected chi connectivity index (χ4v) is 4.51. The molecule has 9 heteroatoms. The van der Waals surface area contributed by atoms with Crippen LogP contribution in [-0.4, -0.2) is 51.9 Å². The Hall–Kier alpha value is -3.98. The van der Waals surface area contributed by atoms with Gasteiger partial charge in [-0.15, -0.1) is 0 Å². The van der Waals surface area contributed by atoms with Gasteiger partial charge in [-0.25, -0.2) is 4.39 Å². The zero-order chi connectivity index (χ0) is 25.1. The number of amides is 1. The summed E-state index contributed by atoms with van der Waals surface area (Å²) in [6, 6.07) is 16.3. The van der Waals surface area contributed by atoms with Crippen LogP contribution in [0.15, 0.2) is 65.3 Å². The van der Waals surface area contributed by atoms with Crippen LogP contribution in [0.5, 0.6) is 0 Å². The van der Waals surface area contributed by atoms with E-state index in [9.17, 15) is 9.18 Å². The van der Waals surface area contributed by atoms with Crippen molar-refractivity contribution in [1.82, 2.24) is 19.8 Å². The third-order valence-electron chi connectivity index (χ3n) is 6.63. The average molecular weight is 489 g/mol. The highest BCUT2D eigenvalue weighted by Crippen LogP contribution is 2.24. The summed E-state index contributed by atoms with van der Waals surface area (Å²) in [6.07, 6.45) is 1.73. The monoisotopic (exact) mass is 488 g/mol. The number of aryl methyl sites for hydroxylation is 1. The van der Waals surface area contributed by atoms with Crippen LogP contribution in [0.4, 0.5) is 15.8 Å². The quantitative estimate of drug-likeness (QED) is 0.410. The Labute approximate surface area is 209 Å². The van der Waals surface area contributed by atoms with Gasteiger partial charge in [-0.3, -0.25) is 14.4 Å². The zero-order valence-corrected chi connectivity index (χ0v) is 20.4. The van der Waals surface area contributed by atoms with Crippen molar-refractivity contribution in [3.63, 3.8) is 0 Å². The number of aromatic nitrogens is 3. The topological polar surface area (TPSA) is 79.4 Å². The Kier molecular flexibility index (Phi) is 6.81. The maximum atomic E-state index is 14.0. The minimum absolute atomic E-state index is 0.142. The van der Waals surface area contributed by atoms with Crippen molar-refractivity contribution in [2.24, 2.45) is 0 Å². The van der Waals surface area contributed by atoms with E-state index in [-0.39, 0.29) is 17.5 Å². The number of nitrogens with one attached hydrogen (secondary N) is 1. The van der Waals surface area contributed by atoms with Crippen LogP contribution in [0, 0.1) is 12.7 Å². The molecule has 0 bridgehead atoms. The lowest BCUT2D eigenvalue weighted by atomic mass is 10.1. The Bertz CT molecular complexity index is 1340. The summed E-state index contributed by atoms with van der Waals surface area (Å²) in [5, 5.41) is 11.2. The normalized spacial score (nSPS) is 14.2. The predicted molar refractivity (Wildman–Crippen MR) is 136 cm³/mol. The zero-order valence-electron chi connectivity index (χ0n) is 20.4. The molecule has 0 unspecified atom stereocenters. The van der Waals surface area contributed by atoms with Gasteiger partial charge in [0, 0.05) is 73.5 Å². The summed E-state index contributed by atoms with van der Waals surface area (Å²) < 4.78 is 21.1. The summed E-state index contributed by atoms with van der Waals surface area (Å²) in [6.45, 7) is 8.79. The van der Waals surface area contributed by atoms with E-state index in [4.69, 9.17) is 4.52 Å². The van der Waals surface area contributed by atoms with Crippen molar-refractivity contribution in [3.8, 4) is 11.3 Å². The molecule has 1 N–H and O–H groups in total. The number of hydrogen-bond acceptors (Lipinski definition) is 6. The molecule has 8 nitrogen and oxygen atoms in total. The Morgan fingerprint density at radius 2 is 1.83 bits per heavy atom. The summed E-state index contributed by atoms with van der Waals surface area (Å²) in [7, 11) is 0.